The summed E-state index contributed by atoms with van der Waals surface area (Å²) in [7, 11) is 0. The van der Waals surface area contributed by atoms with E-state index in [-0.39, 0.29) is 17.9 Å². The van der Waals surface area contributed by atoms with Crippen LogP contribution in [0, 0.1) is 11.6 Å². The molecule has 1 aromatic rings. The number of Topliss-reactive ketones (excluding diaryl/α,β-unsaturated/α-hetero) is 1. The minimum absolute atomic E-state index is 0.161. The van der Waals surface area contributed by atoms with Gasteiger partial charge in [0.1, 0.15) is 0 Å². The lowest BCUT2D eigenvalue weighted by molar-refractivity contribution is 0.0784. The second-order valence-corrected chi connectivity index (χ2v) is 5.62. The second-order valence-electron chi connectivity index (χ2n) is 5.62. The Hall–Kier alpha value is -1.33. The van der Waals surface area contributed by atoms with Crippen molar-refractivity contribution in [2.24, 2.45) is 0 Å². The Morgan fingerprint density at radius 3 is 2.43 bits per heavy atom. The number of ketones is 1. The average molecular weight is 296 g/mol. The number of rotatable bonds is 5. The zero-order chi connectivity index (χ0) is 15.4. The third kappa shape index (κ3) is 4.08. The number of benzene rings is 1. The minimum atomic E-state index is -0.970. The van der Waals surface area contributed by atoms with Gasteiger partial charge in [-0.3, -0.25) is 14.6 Å². The summed E-state index contributed by atoms with van der Waals surface area (Å²) in [6, 6.07) is 3.89. The van der Waals surface area contributed by atoms with Gasteiger partial charge in [0.25, 0.3) is 0 Å². The summed E-state index contributed by atoms with van der Waals surface area (Å²) < 4.78 is 26.0. The van der Waals surface area contributed by atoms with Crippen LogP contribution in [0.5, 0.6) is 0 Å². The molecule has 1 unspecified atom stereocenters. The Labute approximate surface area is 124 Å². The smallest absolute Gasteiger partial charge is 0.176 e. The van der Waals surface area contributed by atoms with Crippen LogP contribution in [0.2, 0.25) is 0 Å². The quantitative estimate of drug-likeness (QED) is 0.780. The highest BCUT2D eigenvalue weighted by molar-refractivity contribution is 5.97. The predicted molar refractivity (Wildman–Crippen MR) is 78.5 cm³/mol. The molecule has 1 aromatic carbocycles. The molecule has 0 amide bonds. The molecule has 1 heterocycles. The van der Waals surface area contributed by atoms with Crippen molar-refractivity contribution >= 4 is 5.78 Å². The van der Waals surface area contributed by atoms with E-state index in [0.717, 1.165) is 44.7 Å². The Morgan fingerprint density at radius 2 is 1.86 bits per heavy atom. The van der Waals surface area contributed by atoms with Crippen molar-refractivity contribution in [1.82, 2.24) is 9.80 Å². The molecule has 21 heavy (non-hydrogen) atoms. The molecule has 116 valence electrons. The molecule has 0 saturated carbocycles. The van der Waals surface area contributed by atoms with E-state index >= 15 is 0 Å². The molecule has 0 N–H and O–H groups in total. The lowest BCUT2D eigenvalue weighted by Crippen LogP contribution is -2.50. The maximum Gasteiger partial charge on any atom is 0.176 e. The lowest BCUT2D eigenvalue weighted by atomic mass is 10.1. The topological polar surface area (TPSA) is 23.6 Å². The highest BCUT2D eigenvalue weighted by Gasteiger charge is 2.22. The third-order valence-electron chi connectivity index (χ3n) is 4.23. The molecule has 1 aliphatic rings. The van der Waals surface area contributed by atoms with Crippen LogP contribution in [0.4, 0.5) is 8.78 Å². The van der Waals surface area contributed by atoms with E-state index in [1.54, 1.807) is 0 Å². The van der Waals surface area contributed by atoms with Crippen LogP contribution >= 0.6 is 0 Å². The summed E-state index contributed by atoms with van der Waals surface area (Å²) in [5.74, 6) is -2.05. The zero-order valence-electron chi connectivity index (χ0n) is 12.6. The normalized spacial score (nSPS) is 18.7. The van der Waals surface area contributed by atoms with Crippen molar-refractivity contribution in [3.05, 3.63) is 35.4 Å². The van der Waals surface area contributed by atoms with E-state index in [4.69, 9.17) is 0 Å². The van der Waals surface area contributed by atoms with Gasteiger partial charge in [0, 0.05) is 37.8 Å². The summed E-state index contributed by atoms with van der Waals surface area (Å²) >= 11 is 0. The summed E-state index contributed by atoms with van der Waals surface area (Å²) in [6.45, 7) is 8.20. The van der Waals surface area contributed by atoms with Gasteiger partial charge in [-0.25, -0.2) is 8.78 Å². The first-order valence-electron chi connectivity index (χ1n) is 7.46. The largest absolute Gasteiger partial charge is 0.298 e. The van der Waals surface area contributed by atoms with E-state index in [9.17, 15) is 13.6 Å². The number of carbonyl (C=O) groups excluding carboxylic acids is 1. The molecule has 1 fully saturated rings. The van der Waals surface area contributed by atoms with Gasteiger partial charge in [0.05, 0.1) is 6.54 Å². The van der Waals surface area contributed by atoms with E-state index < -0.39 is 11.6 Å². The first-order chi connectivity index (χ1) is 10.0. The number of nitrogens with zero attached hydrogens (tertiary/aromatic N) is 2. The van der Waals surface area contributed by atoms with Gasteiger partial charge >= 0.3 is 0 Å². The van der Waals surface area contributed by atoms with E-state index in [2.05, 4.69) is 23.6 Å². The maximum absolute atomic E-state index is 13.1. The summed E-state index contributed by atoms with van der Waals surface area (Å²) in [5, 5.41) is 0. The standard InChI is InChI=1S/C16H22F2N2O/c1-3-12(2)20-8-6-19(7-9-20)11-16(21)13-4-5-14(17)15(18)10-13/h4-5,10,12H,3,6-9,11H2,1-2H3. The van der Waals surface area contributed by atoms with Crippen LogP contribution < -0.4 is 0 Å². The van der Waals surface area contributed by atoms with Gasteiger partial charge in [0.15, 0.2) is 17.4 Å². The minimum Gasteiger partial charge on any atom is -0.298 e. The lowest BCUT2D eigenvalue weighted by Gasteiger charge is -2.37. The molecule has 0 aliphatic carbocycles. The fourth-order valence-electron chi connectivity index (χ4n) is 2.58. The molecular formula is C16H22F2N2O. The SMILES string of the molecule is CCC(C)N1CCN(CC(=O)c2ccc(F)c(F)c2)CC1. The van der Waals surface area contributed by atoms with E-state index in [0.29, 0.717) is 6.04 Å². The van der Waals surface area contributed by atoms with Crippen molar-refractivity contribution in [3.8, 4) is 0 Å². The van der Waals surface area contributed by atoms with E-state index in [1.165, 1.54) is 6.07 Å². The van der Waals surface area contributed by atoms with Crippen LogP contribution in [0.15, 0.2) is 18.2 Å². The number of piperazine rings is 1. The summed E-state index contributed by atoms with van der Waals surface area (Å²) in [5.41, 5.74) is 0.234. The Bertz CT molecular complexity index is 499. The number of hydrogen-bond donors (Lipinski definition) is 0. The molecule has 2 rings (SSSR count). The molecule has 0 radical (unpaired) electrons. The van der Waals surface area contributed by atoms with Gasteiger partial charge in [-0.1, -0.05) is 6.92 Å². The van der Waals surface area contributed by atoms with Gasteiger partial charge in [-0.15, -0.1) is 0 Å². The fourth-order valence-corrected chi connectivity index (χ4v) is 2.58. The van der Waals surface area contributed by atoms with Gasteiger partial charge in [-0.2, -0.15) is 0 Å². The van der Waals surface area contributed by atoms with Gasteiger partial charge < -0.3 is 0 Å². The van der Waals surface area contributed by atoms with Crippen molar-refractivity contribution in [3.63, 3.8) is 0 Å². The van der Waals surface area contributed by atoms with Crippen molar-refractivity contribution in [2.45, 2.75) is 26.3 Å². The molecule has 3 nitrogen and oxygen atoms in total. The molecular weight excluding hydrogens is 274 g/mol. The van der Waals surface area contributed by atoms with Gasteiger partial charge in [0.2, 0.25) is 0 Å². The van der Waals surface area contributed by atoms with Crippen LogP contribution in [-0.2, 0) is 0 Å². The molecule has 0 bridgehead atoms. The maximum atomic E-state index is 13.1. The molecule has 1 aliphatic heterocycles. The Kier molecular flexibility index (Phi) is 5.42. The van der Waals surface area contributed by atoms with E-state index in [1.807, 2.05) is 0 Å². The molecule has 1 atom stereocenters. The summed E-state index contributed by atoms with van der Waals surface area (Å²) in [6.07, 6.45) is 1.12. The Balaban J connectivity index is 1.88. The first-order valence-corrected chi connectivity index (χ1v) is 7.46. The van der Waals surface area contributed by atoms with Crippen molar-refractivity contribution in [2.75, 3.05) is 32.7 Å². The molecule has 0 spiro atoms. The monoisotopic (exact) mass is 296 g/mol. The van der Waals surface area contributed by atoms with Crippen LogP contribution in [-0.4, -0.2) is 54.3 Å². The highest BCUT2D eigenvalue weighted by Crippen LogP contribution is 2.12. The number of halogens is 2. The number of carbonyl (C=O) groups is 1. The average Bonchev–Trinajstić information content (AvgIpc) is 2.50. The van der Waals surface area contributed by atoms with Crippen LogP contribution in [0.25, 0.3) is 0 Å². The third-order valence-corrected chi connectivity index (χ3v) is 4.23. The second kappa shape index (κ2) is 7.09. The predicted octanol–water partition coefficient (Wildman–Crippen LogP) is 2.56. The van der Waals surface area contributed by atoms with Gasteiger partial charge in [-0.05, 0) is 31.5 Å². The van der Waals surface area contributed by atoms with Crippen molar-refractivity contribution < 1.29 is 13.6 Å². The fraction of sp³-hybridized carbons (Fsp3) is 0.562. The molecule has 0 aromatic heterocycles. The first kappa shape index (κ1) is 16.0. The summed E-state index contributed by atoms with van der Waals surface area (Å²) in [4.78, 5) is 16.6. The zero-order valence-corrected chi connectivity index (χ0v) is 12.6. The van der Waals surface area contributed by atoms with Crippen molar-refractivity contribution in [1.29, 1.82) is 0 Å². The Morgan fingerprint density at radius 1 is 1.19 bits per heavy atom. The highest BCUT2D eigenvalue weighted by atomic mass is 19.2. The molecule has 5 heteroatoms. The number of hydrogen-bond acceptors (Lipinski definition) is 3. The van der Waals surface area contributed by atoms with Crippen LogP contribution in [0.1, 0.15) is 30.6 Å². The molecule has 1 saturated heterocycles. The van der Waals surface area contributed by atoms with Crippen LogP contribution in [0.3, 0.4) is 0 Å².